The van der Waals surface area contributed by atoms with E-state index < -0.39 is 6.10 Å². The molecule has 1 amide bonds. The Bertz CT molecular complexity index is 746. The van der Waals surface area contributed by atoms with Gasteiger partial charge in [0.15, 0.2) is 0 Å². The maximum absolute atomic E-state index is 12.7. The maximum Gasteiger partial charge on any atom is 0.223 e. The van der Waals surface area contributed by atoms with Crippen molar-refractivity contribution in [3.05, 3.63) is 69.7 Å². The molecule has 1 aliphatic carbocycles. The summed E-state index contributed by atoms with van der Waals surface area (Å²) in [6.07, 6.45) is 3.76. The van der Waals surface area contributed by atoms with Crippen LogP contribution in [-0.4, -0.2) is 17.1 Å². The van der Waals surface area contributed by atoms with E-state index in [0.29, 0.717) is 23.0 Å². The molecule has 1 fully saturated rings. The highest BCUT2D eigenvalue weighted by Crippen LogP contribution is 2.36. The van der Waals surface area contributed by atoms with Crippen LogP contribution in [-0.2, 0) is 17.8 Å². The fourth-order valence-corrected chi connectivity index (χ4v) is 4.55. The van der Waals surface area contributed by atoms with Crippen LogP contribution in [0.5, 0.6) is 0 Å². The number of hydrogen-bond donors (Lipinski definition) is 2. The van der Waals surface area contributed by atoms with Gasteiger partial charge in [-0.05, 0) is 60.9 Å². The van der Waals surface area contributed by atoms with Crippen molar-refractivity contribution in [1.82, 2.24) is 5.32 Å². The Hall–Kier alpha value is -1.55. The number of aliphatic hydroxyl groups excluding tert-OH is 1. The molecule has 144 valence electrons. The number of rotatable bonds is 7. The van der Waals surface area contributed by atoms with Crippen LogP contribution in [0.1, 0.15) is 36.8 Å². The molecule has 3 atom stereocenters. The Balaban J connectivity index is 1.53. The second kappa shape index (κ2) is 9.59. The van der Waals surface area contributed by atoms with Crippen LogP contribution in [0.2, 0.25) is 10.0 Å². The van der Waals surface area contributed by atoms with Crippen LogP contribution in [0.25, 0.3) is 0 Å². The highest BCUT2D eigenvalue weighted by atomic mass is 35.5. The first kappa shape index (κ1) is 20.2. The predicted octanol–water partition coefficient (Wildman–Crippen LogP) is 5.02. The van der Waals surface area contributed by atoms with Gasteiger partial charge in [0.1, 0.15) is 0 Å². The zero-order valence-corrected chi connectivity index (χ0v) is 16.7. The lowest BCUT2D eigenvalue weighted by Crippen LogP contribution is -2.36. The molecule has 2 aromatic carbocycles. The van der Waals surface area contributed by atoms with Gasteiger partial charge in [-0.1, -0.05) is 60.0 Å². The minimum Gasteiger partial charge on any atom is -0.393 e. The standard InChI is InChI=1S/C22H25Cl2NO2/c23-17-11-16(12-18(24)13-17)14-25-22(27)20-8-4-7-19(20)21(26)10-9-15-5-2-1-3-6-15/h1-3,5-6,11-13,19-21,26H,4,7-10,14H2,(H,25,27)/t19-,20-,21?/m1/s1. The summed E-state index contributed by atoms with van der Waals surface area (Å²) >= 11 is 12.0. The average Bonchev–Trinajstić information content (AvgIpc) is 3.14. The third-order valence-corrected chi connectivity index (χ3v) is 5.80. The number of halogens is 2. The monoisotopic (exact) mass is 405 g/mol. The predicted molar refractivity (Wildman–Crippen MR) is 110 cm³/mol. The van der Waals surface area contributed by atoms with E-state index >= 15 is 0 Å². The minimum atomic E-state index is -0.455. The molecule has 2 aromatic rings. The Morgan fingerprint density at radius 1 is 1.07 bits per heavy atom. The Morgan fingerprint density at radius 3 is 2.48 bits per heavy atom. The number of carbonyl (C=O) groups is 1. The summed E-state index contributed by atoms with van der Waals surface area (Å²) in [5.74, 6) is -0.102. The minimum absolute atomic E-state index is 0.00681. The van der Waals surface area contributed by atoms with Gasteiger partial charge in [0.05, 0.1) is 6.10 Å². The fraction of sp³-hybridized carbons (Fsp3) is 0.409. The fourth-order valence-electron chi connectivity index (χ4n) is 3.98. The number of hydrogen-bond acceptors (Lipinski definition) is 2. The van der Waals surface area contributed by atoms with Crippen molar-refractivity contribution in [1.29, 1.82) is 0 Å². The first-order chi connectivity index (χ1) is 13.0. The topological polar surface area (TPSA) is 49.3 Å². The van der Waals surface area contributed by atoms with Crippen molar-refractivity contribution < 1.29 is 9.90 Å². The van der Waals surface area contributed by atoms with E-state index in [4.69, 9.17) is 23.2 Å². The zero-order chi connectivity index (χ0) is 19.2. The van der Waals surface area contributed by atoms with Crippen LogP contribution < -0.4 is 5.32 Å². The lowest BCUT2D eigenvalue weighted by molar-refractivity contribution is -0.127. The molecule has 0 aromatic heterocycles. The molecule has 2 N–H and O–H groups in total. The molecule has 0 aliphatic heterocycles. The summed E-state index contributed by atoms with van der Waals surface area (Å²) in [4.78, 5) is 12.7. The van der Waals surface area contributed by atoms with E-state index in [-0.39, 0.29) is 17.7 Å². The Morgan fingerprint density at radius 2 is 1.78 bits per heavy atom. The Kier molecular flexibility index (Phi) is 7.17. The summed E-state index contributed by atoms with van der Waals surface area (Å²) < 4.78 is 0. The molecule has 0 bridgehead atoms. The van der Waals surface area contributed by atoms with Crippen molar-refractivity contribution in [2.24, 2.45) is 11.8 Å². The van der Waals surface area contributed by atoms with E-state index in [1.54, 1.807) is 18.2 Å². The molecular formula is C22H25Cl2NO2. The number of benzene rings is 2. The number of nitrogens with one attached hydrogen (secondary N) is 1. The lowest BCUT2D eigenvalue weighted by Gasteiger charge is -2.24. The van der Waals surface area contributed by atoms with Crippen molar-refractivity contribution in [3.8, 4) is 0 Å². The first-order valence-corrected chi connectivity index (χ1v) is 10.2. The first-order valence-electron chi connectivity index (χ1n) is 9.47. The van der Waals surface area contributed by atoms with Gasteiger partial charge < -0.3 is 10.4 Å². The number of amides is 1. The largest absolute Gasteiger partial charge is 0.393 e. The second-order valence-corrected chi connectivity index (χ2v) is 8.16. The van der Waals surface area contributed by atoms with Crippen molar-refractivity contribution >= 4 is 29.1 Å². The third-order valence-electron chi connectivity index (χ3n) is 5.36. The van der Waals surface area contributed by atoms with Gasteiger partial charge in [0.25, 0.3) is 0 Å². The van der Waals surface area contributed by atoms with Gasteiger partial charge in [-0.25, -0.2) is 0 Å². The molecule has 0 spiro atoms. The van der Waals surface area contributed by atoms with Crippen LogP contribution in [0.4, 0.5) is 0 Å². The molecule has 3 nitrogen and oxygen atoms in total. The number of aryl methyl sites for hydroxylation is 1. The van der Waals surface area contributed by atoms with E-state index in [2.05, 4.69) is 17.4 Å². The number of aliphatic hydroxyl groups is 1. The van der Waals surface area contributed by atoms with Gasteiger partial charge >= 0.3 is 0 Å². The number of carbonyl (C=O) groups excluding carboxylic acids is 1. The summed E-state index contributed by atoms with van der Waals surface area (Å²) in [5.41, 5.74) is 2.09. The second-order valence-electron chi connectivity index (χ2n) is 7.29. The highest BCUT2D eigenvalue weighted by Gasteiger charge is 2.37. The third kappa shape index (κ3) is 5.71. The van der Waals surface area contributed by atoms with E-state index in [0.717, 1.165) is 31.2 Å². The average molecular weight is 406 g/mol. The smallest absolute Gasteiger partial charge is 0.223 e. The van der Waals surface area contributed by atoms with Crippen LogP contribution in [0, 0.1) is 11.8 Å². The maximum atomic E-state index is 12.7. The van der Waals surface area contributed by atoms with E-state index in [1.165, 1.54) is 5.56 Å². The Labute approximate surface area is 170 Å². The van der Waals surface area contributed by atoms with Crippen molar-refractivity contribution in [3.63, 3.8) is 0 Å². The molecule has 1 unspecified atom stereocenters. The highest BCUT2D eigenvalue weighted by molar-refractivity contribution is 6.34. The molecule has 0 saturated heterocycles. The molecule has 1 saturated carbocycles. The van der Waals surface area contributed by atoms with E-state index in [1.807, 2.05) is 18.2 Å². The van der Waals surface area contributed by atoms with Crippen molar-refractivity contribution in [2.75, 3.05) is 0 Å². The van der Waals surface area contributed by atoms with Crippen LogP contribution >= 0.6 is 23.2 Å². The lowest BCUT2D eigenvalue weighted by atomic mass is 9.87. The van der Waals surface area contributed by atoms with Gasteiger partial charge in [-0.2, -0.15) is 0 Å². The van der Waals surface area contributed by atoms with Crippen LogP contribution in [0.15, 0.2) is 48.5 Å². The van der Waals surface area contributed by atoms with Gasteiger partial charge in [-0.3, -0.25) is 4.79 Å². The summed E-state index contributed by atoms with van der Waals surface area (Å²) in [7, 11) is 0. The van der Waals surface area contributed by atoms with E-state index in [9.17, 15) is 9.90 Å². The summed E-state index contributed by atoms with van der Waals surface area (Å²) in [6.45, 7) is 0.391. The van der Waals surface area contributed by atoms with Gasteiger partial charge in [-0.15, -0.1) is 0 Å². The summed E-state index contributed by atoms with van der Waals surface area (Å²) in [5, 5.41) is 14.8. The van der Waals surface area contributed by atoms with Gasteiger partial charge in [0, 0.05) is 22.5 Å². The molecule has 0 radical (unpaired) electrons. The van der Waals surface area contributed by atoms with Gasteiger partial charge in [0.2, 0.25) is 5.91 Å². The molecule has 0 heterocycles. The molecule has 3 rings (SSSR count). The SMILES string of the molecule is O=C(NCc1cc(Cl)cc(Cl)c1)[C@@H]1CCC[C@H]1C(O)CCc1ccccc1. The van der Waals surface area contributed by atoms with Crippen molar-refractivity contribution in [2.45, 2.75) is 44.8 Å². The molecular weight excluding hydrogens is 381 g/mol. The molecule has 5 heteroatoms. The quantitative estimate of drug-likeness (QED) is 0.679. The zero-order valence-electron chi connectivity index (χ0n) is 15.2. The molecule has 1 aliphatic rings. The molecule has 27 heavy (non-hydrogen) atoms. The normalized spacial score (nSPS) is 20.4. The summed E-state index contributed by atoms with van der Waals surface area (Å²) in [6, 6.07) is 15.4. The van der Waals surface area contributed by atoms with Crippen LogP contribution in [0.3, 0.4) is 0 Å².